The van der Waals surface area contributed by atoms with Gasteiger partial charge < -0.3 is 4.52 Å². The second-order valence-corrected chi connectivity index (χ2v) is 7.34. The van der Waals surface area contributed by atoms with Gasteiger partial charge in [0.15, 0.2) is 0 Å². The van der Waals surface area contributed by atoms with E-state index in [0.717, 1.165) is 24.8 Å². The van der Waals surface area contributed by atoms with Gasteiger partial charge in [-0.25, -0.2) is 0 Å². The van der Waals surface area contributed by atoms with E-state index < -0.39 is 6.85 Å². The van der Waals surface area contributed by atoms with Crippen LogP contribution in [0.3, 0.4) is 0 Å². The third-order valence-corrected chi connectivity index (χ3v) is 4.12. The molecule has 2 nitrogen and oxygen atoms in total. The van der Waals surface area contributed by atoms with Crippen LogP contribution in [0.25, 0.3) is 0 Å². The number of hydrogen-bond acceptors (Lipinski definition) is 2. The SMILES string of the molecule is C=C(C)CC(CC)(CC)C(CC#N)OP(Cl)Cl. The van der Waals surface area contributed by atoms with Crippen LogP contribution in [0, 0.1) is 16.7 Å². The predicted octanol–water partition coefficient (Wildman–Crippen LogP) is 5.76. The second kappa shape index (κ2) is 8.33. The molecule has 0 aliphatic carbocycles. The molecule has 0 fully saturated rings. The number of allylic oxidation sites excluding steroid dienone is 1. The van der Waals surface area contributed by atoms with Crippen LogP contribution in [0.5, 0.6) is 0 Å². The number of nitriles is 1. The molecule has 0 rings (SSSR count). The van der Waals surface area contributed by atoms with Gasteiger partial charge >= 0.3 is 0 Å². The summed E-state index contributed by atoms with van der Waals surface area (Å²) in [6.07, 6.45) is 2.76. The molecule has 0 saturated heterocycles. The van der Waals surface area contributed by atoms with E-state index in [0.29, 0.717) is 6.42 Å². The Bertz CT molecular complexity index is 285. The minimum atomic E-state index is -1.49. The molecular weight excluding hydrogens is 276 g/mol. The summed E-state index contributed by atoms with van der Waals surface area (Å²) in [6, 6.07) is 2.16. The van der Waals surface area contributed by atoms with Crippen molar-refractivity contribution in [2.75, 3.05) is 0 Å². The minimum absolute atomic E-state index is 0.0913. The fourth-order valence-electron chi connectivity index (χ4n) is 2.21. The monoisotopic (exact) mass is 295 g/mol. The quantitative estimate of drug-likeness (QED) is 0.421. The molecule has 0 spiro atoms. The van der Waals surface area contributed by atoms with E-state index >= 15 is 0 Å². The van der Waals surface area contributed by atoms with E-state index in [1.54, 1.807) is 0 Å². The van der Waals surface area contributed by atoms with E-state index in [4.69, 9.17) is 32.3 Å². The largest absolute Gasteiger partial charge is 0.327 e. The number of halogens is 2. The summed E-state index contributed by atoms with van der Waals surface area (Å²) in [5.74, 6) is 0. The van der Waals surface area contributed by atoms with Gasteiger partial charge in [0, 0.05) is 5.41 Å². The van der Waals surface area contributed by atoms with Gasteiger partial charge in [-0.15, -0.1) is 6.58 Å². The van der Waals surface area contributed by atoms with E-state index in [1.165, 1.54) is 0 Å². The molecule has 5 heteroatoms. The van der Waals surface area contributed by atoms with E-state index in [1.807, 2.05) is 6.92 Å². The third-order valence-electron chi connectivity index (χ3n) is 3.23. The molecule has 98 valence electrons. The van der Waals surface area contributed by atoms with Crippen molar-refractivity contribution in [2.24, 2.45) is 5.41 Å². The minimum Gasteiger partial charge on any atom is -0.327 e. The smallest absolute Gasteiger partial charge is 0.225 e. The fourth-order valence-corrected chi connectivity index (χ4v) is 3.28. The van der Waals surface area contributed by atoms with Crippen LogP contribution in [0.4, 0.5) is 0 Å². The van der Waals surface area contributed by atoms with Crippen molar-refractivity contribution in [1.29, 1.82) is 5.26 Å². The van der Waals surface area contributed by atoms with Crippen LogP contribution in [-0.4, -0.2) is 6.10 Å². The zero-order chi connectivity index (χ0) is 13.5. The summed E-state index contributed by atoms with van der Waals surface area (Å²) in [6.45, 7) is 8.67. The van der Waals surface area contributed by atoms with Gasteiger partial charge in [0.05, 0.1) is 18.6 Å². The first-order valence-corrected chi connectivity index (χ1v) is 8.78. The summed E-state index contributed by atoms with van der Waals surface area (Å²) in [5.41, 5.74) is 1.00. The molecular formula is C12H20Cl2NOP. The topological polar surface area (TPSA) is 33.0 Å². The average molecular weight is 296 g/mol. The first-order valence-electron chi connectivity index (χ1n) is 5.71. The third kappa shape index (κ3) is 5.58. The molecule has 0 amide bonds. The lowest BCUT2D eigenvalue weighted by Crippen LogP contribution is -2.35. The molecule has 0 aliphatic rings. The second-order valence-electron chi connectivity index (χ2n) is 4.36. The van der Waals surface area contributed by atoms with Crippen LogP contribution >= 0.6 is 29.3 Å². The van der Waals surface area contributed by atoms with Crippen molar-refractivity contribution < 1.29 is 4.52 Å². The first-order chi connectivity index (χ1) is 7.91. The highest BCUT2D eigenvalue weighted by molar-refractivity contribution is 8.00. The molecule has 17 heavy (non-hydrogen) atoms. The van der Waals surface area contributed by atoms with Crippen molar-refractivity contribution in [2.45, 2.75) is 52.6 Å². The predicted molar refractivity (Wildman–Crippen MR) is 76.2 cm³/mol. The molecule has 0 aromatic carbocycles. The van der Waals surface area contributed by atoms with Gasteiger partial charge in [0.25, 0.3) is 0 Å². The van der Waals surface area contributed by atoms with Crippen LogP contribution in [0.1, 0.15) is 46.5 Å². The Morgan fingerprint density at radius 3 is 2.29 bits per heavy atom. The molecule has 0 aromatic heterocycles. The summed E-state index contributed by atoms with van der Waals surface area (Å²) in [5, 5.41) is 8.91. The lowest BCUT2D eigenvalue weighted by atomic mass is 9.72. The van der Waals surface area contributed by atoms with Gasteiger partial charge in [0.2, 0.25) is 6.85 Å². The Kier molecular flexibility index (Phi) is 8.43. The number of hydrogen-bond donors (Lipinski definition) is 0. The van der Waals surface area contributed by atoms with Gasteiger partial charge in [-0.2, -0.15) is 5.26 Å². The summed E-state index contributed by atoms with van der Waals surface area (Å²) in [7, 11) is 0. The van der Waals surface area contributed by atoms with Crippen LogP contribution < -0.4 is 0 Å². The highest BCUT2D eigenvalue weighted by atomic mass is 35.9. The summed E-state index contributed by atoms with van der Waals surface area (Å²) >= 11 is 11.5. The Morgan fingerprint density at radius 2 is 2.00 bits per heavy atom. The van der Waals surface area contributed by atoms with Gasteiger partial charge in [-0.3, -0.25) is 0 Å². The molecule has 0 saturated carbocycles. The van der Waals surface area contributed by atoms with E-state index in [-0.39, 0.29) is 11.5 Å². The van der Waals surface area contributed by atoms with Gasteiger partial charge in [0.1, 0.15) is 0 Å². The zero-order valence-electron chi connectivity index (χ0n) is 10.7. The molecule has 0 N–H and O–H groups in total. The van der Waals surface area contributed by atoms with Crippen molar-refractivity contribution in [3.8, 4) is 6.07 Å². The van der Waals surface area contributed by atoms with Crippen LogP contribution in [0.2, 0.25) is 0 Å². The van der Waals surface area contributed by atoms with Crippen LogP contribution in [0.15, 0.2) is 12.2 Å². The fraction of sp³-hybridized carbons (Fsp3) is 0.750. The molecule has 0 aromatic rings. The summed E-state index contributed by atoms with van der Waals surface area (Å²) < 4.78 is 5.57. The zero-order valence-corrected chi connectivity index (χ0v) is 13.1. The molecule has 0 radical (unpaired) electrons. The Hall–Kier alpha value is 0.200. The number of nitrogens with zero attached hydrogens (tertiary/aromatic N) is 1. The van der Waals surface area contributed by atoms with E-state index in [9.17, 15) is 0 Å². The molecule has 0 aliphatic heterocycles. The lowest BCUT2D eigenvalue weighted by molar-refractivity contribution is 0.0541. The Labute approximate surface area is 115 Å². The van der Waals surface area contributed by atoms with Crippen molar-refractivity contribution >= 4 is 29.3 Å². The highest BCUT2D eigenvalue weighted by Crippen LogP contribution is 2.53. The maximum Gasteiger partial charge on any atom is 0.225 e. The number of rotatable bonds is 8. The van der Waals surface area contributed by atoms with Crippen molar-refractivity contribution in [3.05, 3.63) is 12.2 Å². The standard InChI is InChI=1S/C12H20Cl2NOP/c1-5-12(6-2,9-10(3)4)11(7-8-15)16-17(13)14/h11H,3,5-7,9H2,1-2,4H3. The van der Waals surface area contributed by atoms with Crippen molar-refractivity contribution in [1.82, 2.24) is 0 Å². The summed E-state index contributed by atoms with van der Waals surface area (Å²) in [4.78, 5) is 0. The molecule has 0 heterocycles. The maximum atomic E-state index is 8.91. The first kappa shape index (κ1) is 17.2. The van der Waals surface area contributed by atoms with Gasteiger partial charge in [-0.05, 0) is 48.7 Å². The molecule has 0 bridgehead atoms. The highest BCUT2D eigenvalue weighted by Gasteiger charge is 2.37. The lowest BCUT2D eigenvalue weighted by Gasteiger charge is -2.38. The maximum absolute atomic E-state index is 8.91. The molecule has 1 atom stereocenters. The Balaban J connectivity index is 5.05. The Morgan fingerprint density at radius 1 is 1.47 bits per heavy atom. The van der Waals surface area contributed by atoms with E-state index in [2.05, 4.69) is 26.5 Å². The average Bonchev–Trinajstić information content (AvgIpc) is 2.24. The van der Waals surface area contributed by atoms with Gasteiger partial charge in [-0.1, -0.05) is 19.4 Å². The molecule has 1 unspecified atom stereocenters. The van der Waals surface area contributed by atoms with Crippen molar-refractivity contribution in [3.63, 3.8) is 0 Å². The normalized spacial score (nSPS) is 13.5. The van der Waals surface area contributed by atoms with Crippen LogP contribution in [-0.2, 0) is 4.52 Å².